The van der Waals surface area contributed by atoms with E-state index >= 15 is 0 Å². The van der Waals surface area contributed by atoms with Crippen molar-refractivity contribution in [2.24, 2.45) is 5.41 Å². The monoisotopic (exact) mass is 468 g/mol. The molecule has 2 atom stereocenters. The SMILES string of the molecule is COC(=O)CN1CC2(C1)CN(c1ccc([C@@H]3c4ccc(O)cc4CC[C@@H]3c3ccccc3)cc1)C2. The van der Waals surface area contributed by atoms with Gasteiger partial charge in [0.05, 0.1) is 13.7 Å². The molecule has 2 fully saturated rings. The number of anilines is 1. The van der Waals surface area contributed by atoms with Gasteiger partial charge in [0.2, 0.25) is 0 Å². The van der Waals surface area contributed by atoms with Crippen LogP contribution in [0.4, 0.5) is 5.69 Å². The molecule has 0 radical (unpaired) electrons. The van der Waals surface area contributed by atoms with Crippen LogP contribution in [-0.4, -0.2) is 55.8 Å². The number of aromatic hydroxyl groups is 1. The van der Waals surface area contributed by atoms with Gasteiger partial charge in [0.25, 0.3) is 0 Å². The number of rotatable bonds is 5. The summed E-state index contributed by atoms with van der Waals surface area (Å²) in [4.78, 5) is 16.1. The number of phenolic OH excluding ortho intramolecular Hbond substituents is 1. The van der Waals surface area contributed by atoms with E-state index in [1.807, 2.05) is 12.1 Å². The highest BCUT2D eigenvalue weighted by molar-refractivity contribution is 5.71. The molecule has 2 heterocycles. The second-order valence-corrected chi connectivity index (χ2v) is 10.6. The zero-order valence-electron chi connectivity index (χ0n) is 20.2. The largest absolute Gasteiger partial charge is 0.508 e. The fourth-order valence-corrected chi connectivity index (χ4v) is 6.58. The summed E-state index contributed by atoms with van der Waals surface area (Å²) in [6.45, 7) is 4.43. The van der Waals surface area contributed by atoms with Gasteiger partial charge in [-0.15, -0.1) is 0 Å². The minimum Gasteiger partial charge on any atom is -0.508 e. The van der Waals surface area contributed by atoms with Crippen LogP contribution in [0.1, 0.15) is 40.5 Å². The standard InChI is InChI=1S/C30H32N2O3/c1-35-28(34)16-31-17-30(18-31)19-32(20-30)24-10-7-22(8-11-24)29-26(21-5-3-2-4-6-21)13-9-23-15-25(33)12-14-27(23)29/h2-8,10-12,14-15,26,29,33H,9,13,16-20H2,1H3/t26-,29+/m1/s1. The summed E-state index contributed by atoms with van der Waals surface area (Å²) >= 11 is 0. The molecule has 5 heteroatoms. The van der Waals surface area contributed by atoms with Crippen LogP contribution in [0.2, 0.25) is 0 Å². The van der Waals surface area contributed by atoms with E-state index < -0.39 is 0 Å². The molecule has 6 rings (SSSR count). The third-order valence-corrected chi connectivity index (χ3v) is 8.18. The maximum Gasteiger partial charge on any atom is 0.319 e. The summed E-state index contributed by atoms with van der Waals surface area (Å²) < 4.78 is 4.79. The lowest BCUT2D eigenvalue weighted by atomic mass is 9.69. The number of benzene rings is 3. The summed E-state index contributed by atoms with van der Waals surface area (Å²) in [5.41, 5.74) is 6.90. The van der Waals surface area contributed by atoms with Gasteiger partial charge in [-0.25, -0.2) is 0 Å². The number of nitrogens with zero attached hydrogens (tertiary/aromatic N) is 2. The molecule has 0 aromatic heterocycles. The van der Waals surface area contributed by atoms with Gasteiger partial charge < -0.3 is 14.7 Å². The molecule has 5 nitrogen and oxygen atoms in total. The molecule has 2 aliphatic heterocycles. The van der Waals surface area contributed by atoms with Crippen molar-refractivity contribution in [2.75, 3.05) is 44.7 Å². The van der Waals surface area contributed by atoms with E-state index in [2.05, 4.69) is 70.5 Å². The van der Waals surface area contributed by atoms with Crippen LogP contribution < -0.4 is 4.90 Å². The molecule has 0 amide bonds. The van der Waals surface area contributed by atoms with Gasteiger partial charge in [0.1, 0.15) is 5.75 Å². The second kappa shape index (κ2) is 8.72. The maximum absolute atomic E-state index is 11.5. The summed E-state index contributed by atoms with van der Waals surface area (Å²) in [5, 5.41) is 10.1. The normalized spacial score (nSPS) is 22.7. The molecule has 3 aromatic rings. The van der Waals surface area contributed by atoms with Crippen molar-refractivity contribution in [3.05, 3.63) is 95.1 Å². The van der Waals surface area contributed by atoms with Crippen molar-refractivity contribution in [2.45, 2.75) is 24.7 Å². The molecule has 0 bridgehead atoms. The average molecular weight is 469 g/mol. The lowest BCUT2D eigenvalue weighted by molar-refractivity contribution is -0.146. The van der Waals surface area contributed by atoms with Crippen LogP contribution in [0.15, 0.2) is 72.8 Å². The fraction of sp³-hybridized carbons (Fsp3) is 0.367. The highest BCUT2D eigenvalue weighted by Gasteiger charge is 2.52. The van der Waals surface area contributed by atoms with Crippen LogP contribution >= 0.6 is 0 Å². The number of esters is 1. The van der Waals surface area contributed by atoms with E-state index in [0.29, 0.717) is 23.6 Å². The third-order valence-electron chi connectivity index (χ3n) is 8.18. The number of ether oxygens (including phenoxy) is 1. The highest BCUT2D eigenvalue weighted by atomic mass is 16.5. The number of methoxy groups -OCH3 is 1. The minimum atomic E-state index is -0.153. The Morgan fingerprint density at radius 2 is 1.71 bits per heavy atom. The molecule has 0 saturated carbocycles. The molecule has 1 aliphatic carbocycles. The lowest BCUT2D eigenvalue weighted by Gasteiger charge is -2.61. The van der Waals surface area contributed by atoms with E-state index in [-0.39, 0.29) is 11.9 Å². The number of fused-ring (bicyclic) bond motifs is 1. The predicted octanol–water partition coefficient (Wildman–Crippen LogP) is 4.55. The van der Waals surface area contributed by atoms with Crippen molar-refractivity contribution < 1.29 is 14.6 Å². The summed E-state index contributed by atoms with van der Waals surface area (Å²) in [6, 6.07) is 25.9. The van der Waals surface area contributed by atoms with Gasteiger partial charge in [-0.2, -0.15) is 0 Å². The number of likely N-dealkylation sites (tertiary alicyclic amines) is 1. The zero-order valence-corrected chi connectivity index (χ0v) is 20.2. The quantitative estimate of drug-likeness (QED) is 0.557. The topological polar surface area (TPSA) is 53.0 Å². The van der Waals surface area contributed by atoms with Crippen LogP contribution in [0.3, 0.4) is 0 Å². The molecule has 3 aliphatic rings. The van der Waals surface area contributed by atoms with Crippen LogP contribution in [0.25, 0.3) is 0 Å². The lowest BCUT2D eigenvalue weighted by Crippen LogP contribution is -2.72. The van der Waals surface area contributed by atoms with Gasteiger partial charge in [0.15, 0.2) is 0 Å². The third kappa shape index (κ3) is 4.08. The Morgan fingerprint density at radius 1 is 0.971 bits per heavy atom. The molecule has 35 heavy (non-hydrogen) atoms. The number of hydrogen-bond donors (Lipinski definition) is 1. The van der Waals surface area contributed by atoms with Gasteiger partial charge in [0, 0.05) is 43.2 Å². The smallest absolute Gasteiger partial charge is 0.319 e. The number of carbonyl (C=O) groups excluding carboxylic acids is 1. The number of phenols is 1. The van der Waals surface area contributed by atoms with Crippen LogP contribution in [-0.2, 0) is 16.0 Å². The molecule has 1 N–H and O–H groups in total. The predicted molar refractivity (Wildman–Crippen MR) is 137 cm³/mol. The van der Waals surface area contributed by atoms with E-state index in [9.17, 15) is 9.90 Å². The molecule has 1 spiro atoms. The summed E-state index contributed by atoms with van der Waals surface area (Å²) in [5.74, 6) is 0.892. The van der Waals surface area contributed by atoms with Crippen LogP contribution in [0.5, 0.6) is 5.75 Å². The first-order valence-corrected chi connectivity index (χ1v) is 12.5. The van der Waals surface area contributed by atoms with E-state index in [1.54, 1.807) is 0 Å². The summed E-state index contributed by atoms with van der Waals surface area (Å²) in [6.07, 6.45) is 2.06. The minimum absolute atomic E-state index is 0.153. The Labute approximate surface area is 206 Å². The number of carbonyl (C=O) groups is 1. The highest BCUT2D eigenvalue weighted by Crippen LogP contribution is 2.48. The van der Waals surface area contributed by atoms with E-state index in [4.69, 9.17) is 4.74 Å². The Bertz CT molecular complexity index is 1210. The fourth-order valence-electron chi connectivity index (χ4n) is 6.58. The van der Waals surface area contributed by atoms with Crippen LogP contribution in [0, 0.1) is 5.41 Å². The van der Waals surface area contributed by atoms with E-state index in [0.717, 1.165) is 39.0 Å². The Balaban J connectivity index is 1.20. The summed E-state index contributed by atoms with van der Waals surface area (Å²) in [7, 11) is 1.45. The number of hydrogen-bond acceptors (Lipinski definition) is 5. The molecule has 3 aromatic carbocycles. The Kier molecular flexibility index (Phi) is 5.53. The van der Waals surface area contributed by atoms with Gasteiger partial charge in [-0.1, -0.05) is 48.5 Å². The first kappa shape index (κ1) is 22.2. The number of aryl methyl sites for hydroxylation is 1. The molecular weight excluding hydrogens is 436 g/mol. The molecule has 180 valence electrons. The van der Waals surface area contributed by atoms with Crippen molar-refractivity contribution in [1.29, 1.82) is 0 Å². The van der Waals surface area contributed by atoms with Gasteiger partial charge >= 0.3 is 5.97 Å². The average Bonchev–Trinajstić information content (AvgIpc) is 2.84. The molecular formula is C30H32N2O3. The first-order valence-electron chi connectivity index (χ1n) is 12.5. The molecule has 0 unspecified atom stereocenters. The molecule has 2 saturated heterocycles. The Hall–Kier alpha value is -3.31. The van der Waals surface area contributed by atoms with E-state index in [1.165, 1.54) is 35.1 Å². The first-order chi connectivity index (χ1) is 17.0. The maximum atomic E-state index is 11.5. The van der Waals surface area contributed by atoms with Crippen molar-refractivity contribution in [1.82, 2.24) is 4.90 Å². The zero-order chi connectivity index (χ0) is 24.0. The van der Waals surface area contributed by atoms with Crippen molar-refractivity contribution in [3.63, 3.8) is 0 Å². The van der Waals surface area contributed by atoms with Crippen molar-refractivity contribution >= 4 is 11.7 Å². The van der Waals surface area contributed by atoms with Crippen molar-refractivity contribution in [3.8, 4) is 5.75 Å². The van der Waals surface area contributed by atoms with Gasteiger partial charge in [-0.05, 0) is 65.3 Å². The van der Waals surface area contributed by atoms with Gasteiger partial charge in [-0.3, -0.25) is 9.69 Å². The Morgan fingerprint density at radius 3 is 2.43 bits per heavy atom. The second-order valence-electron chi connectivity index (χ2n) is 10.6.